The first kappa shape index (κ1) is 31.0. The summed E-state index contributed by atoms with van der Waals surface area (Å²) >= 11 is 1.15. The zero-order chi connectivity index (χ0) is 30.9. The van der Waals surface area contributed by atoms with E-state index in [0.717, 1.165) is 42.9 Å². The second-order valence-electron chi connectivity index (χ2n) is 11.0. The van der Waals surface area contributed by atoms with Crippen LogP contribution < -0.4 is 10.2 Å². The molecule has 0 spiro atoms. The highest BCUT2D eigenvalue weighted by atomic mass is 32.1. The van der Waals surface area contributed by atoms with Crippen molar-refractivity contribution >= 4 is 34.1 Å². The average molecular weight is 626 g/mol. The van der Waals surface area contributed by atoms with E-state index >= 15 is 4.39 Å². The molecular formula is C28H32F5N7O2S. The van der Waals surface area contributed by atoms with Crippen LogP contribution in [0.2, 0.25) is 0 Å². The Morgan fingerprint density at radius 2 is 1.98 bits per heavy atom. The number of hydrogen-bond acceptors (Lipinski definition) is 9. The maximum absolute atomic E-state index is 15.7. The highest BCUT2D eigenvalue weighted by Gasteiger charge is 2.33. The predicted molar refractivity (Wildman–Crippen MR) is 152 cm³/mol. The molecule has 9 nitrogen and oxygen atoms in total. The van der Waals surface area contributed by atoms with Crippen molar-refractivity contribution in [2.24, 2.45) is 0 Å². The van der Waals surface area contributed by atoms with Gasteiger partial charge in [-0.25, -0.2) is 19.3 Å². The molecule has 3 aromatic rings. The van der Waals surface area contributed by atoms with Gasteiger partial charge in [0.1, 0.15) is 12.1 Å². The zero-order valence-corrected chi connectivity index (χ0v) is 24.5. The molecule has 1 unspecified atom stereocenters. The SMILES string of the molecule is C[C@@H]1CCCN1Cc1sc(Nc2ncnc(N3CCC(N(C)CCC(=O)O)C3)c2F)nc1-c1cc(F)cc(C(F)(F)F)c1. The molecule has 15 heteroatoms. The Labute approximate surface area is 249 Å². The Bertz CT molecular complexity index is 1470. The third kappa shape index (κ3) is 7.21. The van der Waals surface area contributed by atoms with Gasteiger partial charge in [-0.1, -0.05) is 11.3 Å². The first-order valence-corrected chi connectivity index (χ1v) is 14.8. The van der Waals surface area contributed by atoms with E-state index < -0.39 is 29.3 Å². The number of aromatic nitrogens is 3. The first-order valence-electron chi connectivity index (χ1n) is 14.0. The molecule has 0 amide bonds. The van der Waals surface area contributed by atoms with E-state index in [2.05, 4.69) is 32.1 Å². The maximum atomic E-state index is 15.7. The summed E-state index contributed by atoms with van der Waals surface area (Å²) < 4.78 is 70.5. The summed E-state index contributed by atoms with van der Waals surface area (Å²) in [4.78, 5) is 30.1. The number of aliphatic carboxylic acids is 1. The largest absolute Gasteiger partial charge is 0.481 e. The van der Waals surface area contributed by atoms with Gasteiger partial charge in [0, 0.05) is 48.7 Å². The van der Waals surface area contributed by atoms with Crippen molar-refractivity contribution in [1.82, 2.24) is 24.8 Å². The Morgan fingerprint density at radius 3 is 2.67 bits per heavy atom. The number of carbonyl (C=O) groups is 1. The van der Waals surface area contributed by atoms with E-state index in [1.54, 1.807) is 4.90 Å². The molecule has 2 aliphatic rings. The van der Waals surface area contributed by atoms with Crippen molar-refractivity contribution in [2.45, 2.75) is 57.4 Å². The molecular weight excluding hydrogens is 593 g/mol. The Hall–Kier alpha value is -3.43. The van der Waals surface area contributed by atoms with E-state index in [1.165, 1.54) is 6.33 Å². The standard InChI is InChI=1S/C28H32F5N7O2S/c1-16-4-3-7-39(16)14-21-24(17-10-18(28(31,32)33)12-19(29)11-17)36-27(43-21)37-25-23(30)26(35-15-34-25)40-9-5-20(13-40)38(2)8-6-22(41)42/h10-12,15-16,20H,3-9,13-14H2,1-2H3,(H,41,42)(H,34,35,36,37)/t16-,20?/m1/s1. The Kier molecular flexibility index (Phi) is 9.13. The molecule has 0 bridgehead atoms. The van der Waals surface area contributed by atoms with Crippen LogP contribution in [0.3, 0.4) is 0 Å². The number of nitrogens with one attached hydrogen (secondary N) is 1. The van der Waals surface area contributed by atoms with Crippen LogP contribution in [0, 0.1) is 11.6 Å². The molecule has 2 aromatic heterocycles. The van der Waals surface area contributed by atoms with Crippen LogP contribution in [0.4, 0.5) is 38.7 Å². The number of thiazole rings is 1. The predicted octanol–water partition coefficient (Wildman–Crippen LogP) is 5.61. The fraction of sp³-hybridized carbons (Fsp3) is 0.500. The molecule has 2 aliphatic heterocycles. The van der Waals surface area contributed by atoms with Gasteiger partial charge in [-0.2, -0.15) is 17.6 Å². The molecule has 0 aliphatic carbocycles. The summed E-state index contributed by atoms with van der Waals surface area (Å²) in [5.74, 6) is -2.70. The first-order chi connectivity index (χ1) is 20.4. The number of halogens is 5. The molecule has 5 rings (SSSR count). The van der Waals surface area contributed by atoms with Crippen LogP contribution in [-0.4, -0.2) is 81.1 Å². The van der Waals surface area contributed by atoms with Crippen molar-refractivity contribution in [3.63, 3.8) is 0 Å². The summed E-state index contributed by atoms with van der Waals surface area (Å²) in [6.07, 6.45) is -0.850. The van der Waals surface area contributed by atoms with Crippen LogP contribution in [0.25, 0.3) is 11.3 Å². The third-order valence-electron chi connectivity index (χ3n) is 7.99. The minimum Gasteiger partial charge on any atom is -0.481 e. The quantitative estimate of drug-likeness (QED) is 0.279. The summed E-state index contributed by atoms with van der Waals surface area (Å²) in [5.41, 5.74) is -0.940. The molecule has 2 saturated heterocycles. The van der Waals surface area contributed by atoms with Gasteiger partial charge in [-0.05, 0) is 58.0 Å². The minimum absolute atomic E-state index is 0.00450. The molecule has 232 valence electrons. The molecule has 0 saturated carbocycles. The lowest BCUT2D eigenvalue weighted by molar-refractivity contribution is -0.138. The van der Waals surface area contributed by atoms with E-state index in [0.29, 0.717) is 43.5 Å². The second-order valence-corrected chi connectivity index (χ2v) is 12.1. The maximum Gasteiger partial charge on any atom is 0.416 e. The van der Waals surface area contributed by atoms with Crippen LogP contribution in [0.5, 0.6) is 0 Å². The summed E-state index contributed by atoms with van der Waals surface area (Å²) in [5, 5.41) is 12.0. The van der Waals surface area contributed by atoms with Crippen molar-refractivity contribution in [1.29, 1.82) is 0 Å². The Morgan fingerprint density at radius 1 is 1.19 bits per heavy atom. The van der Waals surface area contributed by atoms with Crippen molar-refractivity contribution < 1.29 is 31.9 Å². The number of likely N-dealkylation sites (tertiary alicyclic amines) is 1. The molecule has 0 radical (unpaired) electrons. The molecule has 43 heavy (non-hydrogen) atoms. The van der Waals surface area contributed by atoms with Gasteiger partial charge in [-0.3, -0.25) is 9.69 Å². The lowest BCUT2D eigenvalue weighted by Gasteiger charge is -2.24. The summed E-state index contributed by atoms with van der Waals surface area (Å²) in [6, 6.07) is 2.63. The topological polar surface area (TPSA) is 97.7 Å². The summed E-state index contributed by atoms with van der Waals surface area (Å²) in [7, 11) is 1.83. The number of nitrogens with zero attached hydrogens (tertiary/aromatic N) is 6. The summed E-state index contributed by atoms with van der Waals surface area (Å²) in [6.45, 7) is 4.61. The molecule has 2 atom stereocenters. The van der Waals surface area contributed by atoms with E-state index in [1.807, 2.05) is 11.9 Å². The van der Waals surface area contributed by atoms with Gasteiger partial charge in [0.05, 0.1) is 17.7 Å². The van der Waals surface area contributed by atoms with Gasteiger partial charge in [0.15, 0.2) is 16.8 Å². The minimum atomic E-state index is -4.74. The van der Waals surface area contributed by atoms with E-state index in [4.69, 9.17) is 5.11 Å². The van der Waals surface area contributed by atoms with Crippen LogP contribution in [0.1, 0.15) is 43.0 Å². The smallest absolute Gasteiger partial charge is 0.416 e. The van der Waals surface area contributed by atoms with Crippen molar-refractivity contribution in [3.05, 3.63) is 46.6 Å². The lowest BCUT2D eigenvalue weighted by atomic mass is 10.1. The van der Waals surface area contributed by atoms with Crippen LogP contribution in [-0.2, 0) is 17.5 Å². The van der Waals surface area contributed by atoms with Crippen LogP contribution >= 0.6 is 11.3 Å². The second kappa shape index (κ2) is 12.7. The number of benzene rings is 1. The fourth-order valence-corrected chi connectivity index (χ4v) is 6.57. The number of likely N-dealkylation sites (N-methyl/N-ethyl adjacent to an activating group) is 1. The monoisotopic (exact) mass is 625 g/mol. The number of rotatable bonds is 10. The molecule has 2 N–H and O–H groups in total. The number of carboxylic acid groups (broad SMARTS) is 1. The molecule has 2 fully saturated rings. The fourth-order valence-electron chi connectivity index (χ4n) is 5.56. The van der Waals surface area contributed by atoms with Crippen molar-refractivity contribution in [2.75, 3.05) is 43.4 Å². The highest BCUT2D eigenvalue weighted by molar-refractivity contribution is 7.16. The van der Waals surface area contributed by atoms with E-state index in [9.17, 15) is 22.4 Å². The third-order valence-corrected chi connectivity index (χ3v) is 8.95. The number of hydrogen-bond donors (Lipinski definition) is 2. The van der Waals surface area contributed by atoms with Gasteiger partial charge >= 0.3 is 12.1 Å². The lowest BCUT2D eigenvalue weighted by Crippen LogP contribution is -2.36. The van der Waals surface area contributed by atoms with Gasteiger partial charge in [0.2, 0.25) is 5.82 Å². The van der Waals surface area contributed by atoms with Gasteiger partial charge in [0.25, 0.3) is 0 Å². The highest BCUT2D eigenvalue weighted by Crippen LogP contribution is 2.39. The normalized spacial score (nSPS) is 19.5. The van der Waals surface area contributed by atoms with Crippen molar-refractivity contribution in [3.8, 4) is 11.3 Å². The van der Waals surface area contributed by atoms with E-state index in [-0.39, 0.29) is 46.5 Å². The average Bonchev–Trinajstić information content (AvgIpc) is 3.69. The number of alkyl halides is 3. The zero-order valence-electron chi connectivity index (χ0n) is 23.7. The molecule has 1 aromatic carbocycles. The van der Waals surface area contributed by atoms with Gasteiger partial charge < -0.3 is 20.2 Å². The molecule has 4 heterocycles. The Balaban J connectivity index is 1.41. The number of carboxylic acids is 1. The van der Waals surface area contributed by atoms with Gasteiger partial charge in [-0.15, -0.1) is 0 Å². The van der Waals surface area contributed by atoms with Crippen LogP contribution in [0.15, 0.2) is 24.5 Å². The number of anilines is 3.